The smallest absolute Gasteiger partial charge is 0.263 e. The molecule has 1 atom stereocenters. The summed E-state index contributed by atoms with van der Waals surface area (Å²) in [6.07, 6.45) is 4.55. The number of aryl methyl sites for hydroxylation is 1. The number of nitrogens with one attached hydrogen (secondary N) is 1. The average molecular weight is 287 g/mol. The lowest BCUT2D eigenvalue weighted by molar-refractivity contribution is 0.0796. The van der Waals surface area contributed by atoms with Gasteiger partial charge in [-0.2, -0.15) is 0 Å². The first-order valence-corrected chi connectivity index (χ1v) is 7.56. The molecule has 1 fully saturated rings. The van der Waals surface area contributed by atoms with Gasteiger partial charge in [0, 0.05) is 36.4 Å². The normalized spacial score (nSPS) is 18.2. The summed E-state index contributed by atoms with van der Waals surface area (Å²) in [7, 11) is 0. The van der Waals surface area contributed by atoms with Gasteiger partial charge in [0.15, 0.2) is 0 Å². The van der Waals surface area contributed by atoms with E-state index in [0.29, 0.717) is 6.04 Å². The molecule has 0 aliphatic carbocycles. The van der Waals surface area contributed by atoms with E-state index >= 15 is 0 Å². The lowest BCUT2D eigenvalue weighted by Crippen LogP contribution is -2.31. The van der Waals surface area contributed by atoms with E-state index in [1.165, 1.54) is 4.88 Å². The Kier molecular flexibility index (Phi) is 3.69. The van der Waals surface area contributed by atoms with Gasteiger partial charge in [0.1, 0.15) is 0 Å². The van der Waals surface area contributed by atoms with Crippen LogP contribution in [0.25, 0.3) is 0 Å². The maximum absolute atomic E-state index is 12.4. The van der Waals surface area contributed by atoms with Crippen LogP contribution in [0.15, 0.2) is 36.7 Å². The number of amides is 1. The van der Waals surface area contributed by atoms with Crippen molar-refractivity contribution >= 4 is 22.9 Å². The molecule has 2 aromatic heterocycles. The number of anilines is 1. The number of likely N-dealkylation sites (tertiary alicyclic amines) is 1. The molecule has 104 valence electrons. The molecule has 3 heterocycles. The van der Waals surface area contributed by atoms with Gasteiger partial charge in [-0.3, -0.25) is 9.78 Å². The van der Waals surface area contributed by atoms with Gasteiger partial charge in [-0.1, -0.05) is 0 Å². The molecule has 1 aliphatic heterocycles. The van der Waals surface area contributed by atoms with E-state index in [-0.39, 0.29) is 5.91 Å². The molecule has 3 rings (SSSR count). The summed E-state index contributed by atoms with van der Waals surface area (Å²) < 4.78 is 0. The zero-order chi connectivity index (χ0) is 13.9. The number of carbonyl (C=O) groups is 1. The van der Waals surface area contributed by atoms with Crippen molar-refractivity contribution in [2.75, 3.05) is 18.4 Å². The Morgan fingerprint density at radius 3 is 3.05 bits per heavy atom. The van der Waals surface area contributed by atoms with Crippen LogP contribution in [0, 0.1) is 6.92 Å². The second kappa shape index (κ2) is 5.63. The van der Waals surface area contributed by atoms with Gasteiger partial charge >= 0.3 is 0 Å². The van der Waals surface area contributed by atoms with E-state index in [1.807, 2.05) is 42.3 Å². The molecule has 1 amide bonds. The fraction of sp³-hybridized carbons (Fsp3) is 0.333. The third kappa shape index (κ3) is 2.82. The number of pyridine rings is 1. The fourth-order valence-corrected chi connectivity index (χ4v) is 3.29. The zero-order valence-electron chi connectivity index (χ0n) is 11.4. The van der Waals surface area contributed by atoms with Crippen molar-refractivity contribution in [3.63, 3.8) is 0 Å². The lowest BCUT2D eigenvalue weighted by Gasteiger charge is -2.16. The standard InChI is InChI=1S/C15H17N3OS/c1-11-4-5-14(20-11)15(19)18-8-6-13(10-18)17-12-3-2-7-16-9-12/h2-5,7,9,13,17H,6,8,10H2,1H3/t13-/m0/s1. The molecular weight excluding hydrogens is 270 g/mol. The minimum absolute atomic E-state index is 0.151. The van der Waals surface area contributed by atoms with E-state index in [2.05, 4.69) is 10.3 Å². The van der Waals surface area contributed by atoms with Gasteiger partial charge < -0.3 is 10.2 Å². The fourth-order valence-electron chi connectivity index (χ4n) is 2.45. The number of carbonyl (C=O) groups excluding carboxylic acids is 1. The molecule has 4 nitrogen and oxygen atoms in total. The summed E-state index contributed by atoms with van der Waals surface area (Å²) in [6, 6.07) is 8.14. The van der Waals surface area contributed by atoms with Gasteiger partial charge in [0.2, 0.25) is 0 Å². The van der Waals surface area contributed by atoms with Gasteiger partial charge in [-0.15, -0.1) is 11.3 Å². The Bertz CT molecular complexity index is 596. The first-order chi connectivity index (χ1) is 9.72. The Morgan fingerprint density at radius 1 is 1.45 bits per heavy atom. The minimum Gasteiger partial charge on any atom is -0.379 e. The molecule has 1 saturated heterocycles. The van der Waals surface area contributed by atoms with Crippen LogP contribution in [0.2, 0.25) is 0 Å². The van der Waals surface area contributed by atoms with Crippen molar-refractivity contribution < 1.29 is 4.79 Å². The second-order valence-electron chi connectivity index (χ2n) is 5.03. The molecule has 0 unspecified atom stereocenters. The summed E-state index contributed by atoms with van der Waals surface area (Å²) in [6.45, 7) is 3.59. The van der Waals surface area contributed by atoms with Crippen LogP contribution in [0.4, 0.5) is 5.69 Å². The molecule has 5 heteroatoms. The van der Waals surface area contributed by atoms with Crippen LogP contribution in [0.3, 0.4) is 0 Å². The molecule has 20 heavy (non-hydrogen) atoms. The van der Waals surface area contributed by atoms with Gasteiger partial charge in [0.25, 0.3) is 5.91 Å². The summed E-state index contributed by atoms with van der Waals surface area (Å²) in [5, 5.41) is 3.43. The summed E-state index contributed by atoms with van der Waals surface area (Å²) in [4.78, 5) is 20.4. The molecule has 1 N–H and O–H groups in total. The highest BCUT2D eigenvalue weighted by Gasteiger charge is 2.27. The summed E-state index contributed by atoms with van der Waals surface area (Å²) in [5.41, 5.74) is 1.01. The quantitative estimate of drug-likeness (QED) is 0.944. The SMILES string of the molecule is Cc1ccc(C(=O)N2CC[C@H](Nc3cccnc3)C2)s1. The Morgan fingerprint density at radius 2 is 2.35 bits per heavy atom. The zero-order valence-corrected chi connectivity index (χ0v) is 12.2. The number of hydrogen-bond donors (Lipinski definition) is 1. The van der Waals surface area contributed by atoms with Crippen molar-refractivity contribution in [3.05, 3.63) is 46.4 Å². The molecule has 2 aromatic rings. The van der Waals surface area contributed by atoms with E-state index in [4.69, 9.17) is 0 Å². The topological polar surface area (TPSA) is 45.2 Å². The van der Waals surface area contributed by atoms with Crippen molar-refractivity contribution in [3.8, 4) is 0 Å². The monoisotopic (exact) mass is 287 g/mol. The van der Waals surface area contributed by atoms with Crippen LogP contribution in [0.1, 0.15) is 21.0 Å². The van der Waals surface area contributed by atoms with Crippen LogP contribution in [-0.2, 0) is 0 Å². The summed E-state index contributed by atoms with van der Waals surface area (Å²) >= 11 is 1.57. The molecular formula is C15H17N3OS. The number of thiophene rings is 1. The number of aromatic nitrogens is 1. The van der Waals surface area contributed by atoms with E-state index in [9.17, 15) is 4.79 Å². The van der Waals surface area contributed by atoms with Crippen LogP contribution < -0.4 is 5.32 Å². The molecule has 0 saturated carbocycles. The third-order valence-electron chi connectivity index (χ3n) is 3.46. The maximum Gasteiger partial charge on any atom is 0.263 e. The highest BCUT2D eigenvalue weighted by Crippen LogP contribution is 2.21. The Hall–Kier alpha value is -1.88. The van der Waals surface area contributed by atoms with Gasteiger partial charge in [-0.25, -0.2) is 0 Å². The van der Waals surface area contributed by atoms with E-state index in [1.54, 1.807) is 17.5 Å². The molecule has 0 bridgehead atoms. The predicted molar refractivity (Wildman–Crippen MR) is 81.2 cm³/mol. The largest absolute Gasteiger partial charge is 0.379 e. The molecule has 1 aliphatic rings. The van der Waals surface area contributed by atoms with Crippen LogP contribution in [0.5, 0.6) is 0 Å². The molecule has 0 spiro atoms. The maximum atomic E-state index is 12.4. The Balaban J connectivity index is 1.61. The van der Waals surface area contributed by atoms with Crippen LogP contribution in [-0.4, -0.2) is 34.9 Å². The first kappa shape index (κ1) is 13.1. The summed E-state index contributed by atoms with van der Waals surface area (Å²) in [5.74, 6) is 0.151. The minimum atomic E-state index is 0.151. The van der Waals surface area contributed by atoms with E-state index < -0.39 is 0 Å². The van der Waals surface area contributed by atoms with E-state index in [0.717, 1.165) is 30.1 Å². The van der Waals surface area contributed by atoms with Crippen molar-refractivity contribution in [1.82, 2.24) is 9.88 Å². The second-order valence-corrected chi connectivity index (χ2v) is 6.32. The predicted octanol–water partition coefficient (Wildman–Crippen LogP) is 2.78. The highest BCUT2D eigenvalue weighted by atomic mass is 32.1. The van der Waals surface area contributed by atoms with Crippen LogP contribution >= 0.6 is 11.3 Å². The van der Waals surface area contributed by atoms with Crippen molar-refractivity contribution in [2.24, 2.45) is 0 Å². The number of hydrogen-bond acceptors (Lipinski definition) is 4. The highest BCUT2D eigenvalue weighted by molar-refractivity contribution is 7.13. The Labute approximate surface area is 122 Å². The third-order valence-corrected chi connectivity index (χ3v) is 4.45. The van der Waals surface area contributed by atoms with Gasteiger partial charge in [-0.05, 0) is 37.6 Å². The first-order valence-electron chi connectivity index (χ1n) is 6.74. The number of rotatable bonds is 3. The van der Waals surface area contributed by atoms with Crippen molar-refractivity contribution in [1.29, 1.82) is 0 Å². The van der Waals surface area contributed by atoms with Crippen molar-refractivity contribution in [2.45, 2.75) is 19.4 Å². The molecule has 0 aromatic carbocycles. The average Bonchev–Trinajstić information content (AvgIpc) is 3.08. The molecule has 0 radical (unpaired) electrons. The lowest BCUT2D eigenvalue weighted by atomic mass is 10.2. The number of nitrogens with zero attached hydrogens (tertiary/aromatic N) is 2. The van der Waals surface area contributed by atoms with Gasteiger partial charge in [0.05, 0.1) is 10.6 Å².